The molecule has 0 saturated carbocycles. The first kappa shape index (κ1) is 13.5. The predicted octanol–water partition coefficient (Wildman–Crippen LogP) is 3.40. The lowest BCUT2D eigenvalue weighted by Crippen LogP contribution is -2.29. The lowest BCUT2D eigenvalue weighted by Gasteiger charge is -2.05. The van der Waals surface area contributed by atoms with Gasteiger partial charge in [0.05, 0.1) is 0 Å². The molecule has 4 heteroatoms. The maximum absolute atomic E-state index is 9.22. The van der Waals surface area contributed by atoms with Crippen molar-refractivity contribution in [1.82, 2.24) is 0 Å². The van der Waals surface area contributed by atoms with Crippen LogP contribution in [-0.2, 0) is 0 Å². The van der Waals surface area contributed by atoms with E-state index in [2.05, 4.69) is 41.8 Å². The first-order valence-electron chi connectivity index (χ1n) is 7.09. The summed E-state index contributed by atoms with van der Waals surface area (Å²) in [6.07, 6.45) is 0. The highest BCUT2D eigenvalue weighted by atomic mass is 32.1. The molecule has 0 unspecified atom stereocenters. The first-order valence-corrected chi connectivity index (χ1v) is 7.97. The minimum Gasteiger partial charge on any atom is -0.423 e. The van der Waals surface area contributed by atoms with Gasteiger partial charge in [-0.15, -0.1) is 11.3 Å². The van der Waals surface area contributed by atoms with E-state index in [1.807, 2.05) is 12.1 Å². The number of hydrogen-bond donors (Lipinski definition) is 2. The Bertz CT molecular complexity index is 958. The Labute approximate surface area is 132 Å². The maximum Gasteiger partial charge on any atom is 0.488 e. The van der Waals surface area contributed by atoms with Gasteiger partial charge in [-0.25, -0.2) is 0 Å². The van der Waals surface area contributed by atoms with Crippen molar-refractivity contribution in [2.75, 3.05) is 0 Å². The molecule has 3 aromatic carbocycles. The van der Waals surface area contributed by atoms with Crippen molar-refractivity contribution in [2.45, 2.75) is 0 Å². The summed E-state index contributed by atoms with van der Waals surface area (Å²) < 4.78 is 1.26. The zero-order valence-electron chi connectivity index (χ0n) is 11.7. The summed E-state index contributed by atoms with van der Waals surface area (Å²) in [6.45, 7) is 0. The fourth-order valence-corrected chi connectivity index (χ4v) is 3.84. The van der Waals surface area contributed by atoms with Gasteiger partial charge in [0.1, 0.15) is 0 Å². The average Bonchev–Trinajstić information content (AvgIpc) is 2.99. The van der Waals surface area contributed by atoms with Crippen LogP contribution in [0.5, 0.6) is 0 Å². The van der Waals surface area contributed by atoms with Crippen molar-refractivity contribution in [3.63, 3.8) is 0 Å². The molecular weight excluding hydrogens is 291 g/mol. The molecule has 0 amide bonds. The Morgan fingerprint density at radius 1 is 0.818 bits per heavy atom. The number of thiophene rings is 1. The molecule has 0 fully saturated rings. The van der Waals surface area contributed by atoms with Gasteiger partial charge < -0.3 is 10.0 Å². The van der Waals surface area contributed by atoms with Crippen LogP contribution in [0.4, 0.5) is 0 Å². The van der Waals surface area contributed by atoms with Gasteiger partial charge in [0.15, 0.2) is 0 Å². The number of fused-ring (bicyclic) bond motifs is 3. The molecule has 106 valence electrons. The van der Waals surface area contributed by atoms with E-state index < -0.39 is 7.12 Å². The van der Waals surface area contributed by atoms with Gasteiger partial charge in [-0.1, -0.05) is 54.6 Å². The predicted molar refractivity (Wildman–Crippen MR) is 94.6 cm³/mol. The van der Waals surface area contributed by atoms with Crippen LogP contribution in [0.25, 0.3) is 32.0 Å². The van der Waals surface area contributed by atoms with E-state index in [4.69, 9.17) is 0 Å². The molecule has 4 aromatic rings. The molecule has 1 aromatic heterocycles. The molecule has 0 radical (unpaired) electrons. The van der Waals surface area contributed by atoms with E-state index in [0.717, 1.165) is 5.56 Å². The van der Waals surface area contributed by atoms with Gasteiger partial charge in [-0.05, 0) is 33.2 Å². The Kier molecular flexibility index (Phi) is 3.23. The highest BCUT2D eigenvalue weighted by Crippen LogP contribution is 2.38. The molecule has 0 aliphatic heterocycles. The third-order valence-electron chi connectivity index (χ3n) is 3.98. The lowest BCUT2D eigenvalue weighted by molar-refractivity contribution is 0.426. The third-order valence-corrected chi connectivity index (χ3v) is 4.93. The molecule has 0 aliphatic rings. The lowest BCUT2D eigenvalue weighted by atomic mass is 9.80. The highest BCUT2D eigenvalue weighted by molar-refractivity contribution is 7.18. The second-order valence-electron chi connectivity index (χ2n) is 5.30. The Morgan fingerprint density at radius 3 is 2.36 bits per heavy atom. The molecule has 22 heavy (non-hydrogen) atoms. The Hall–Kier alpha value is -2.14. The van der Waals surface area contributed by atoms with E-state index in [9.17, 15) is 10.0 Å². The van der Waals surface area contributed by atoms with Crippen molar-refractivity contribution in [3.8, 4) is 11.1 Å². The van der Waals surface area contributed by atoms with Gasteiger partial charge in [-0.2, -0.15) is 0 Å². The molecule has 4 rings (SSSR count). The summed E-state index contributed by atoms with van der Waals surface area (Å²) in [5, 5.41) is 24.3. The minimum atomic E-state index is -1.42. The van der Waals surface area contributed by atoms with Crippen LogP contribution >= 0.6 is 11.3 Å². The average molecular weight is 304 g/mol. The van der Waals surface area contributed by atoms with E-state index in [-0.39, 0.29) is 0 Å². The minimum absolute atomic E-state index is 0.508. The monoisotopic (exact) mass is 304 g/mol. The molecule has 0 saturated heterocycles. The van der Waals surface area contributed by atoms with Crippen LogP contribution in [0.2, 0.25) is 0 Å². The maximum atomic E-state index is 9.22. The van der Waals surface area contributed by atoms with E-state index >= 15 is 0 Å². The van der Waals surface area contributed by atoms with Crippen LogP contribution in [0.15, 0.2) is 66.0 Å². The Balaban J connectivity index is 1.96. The van der Waals surface area contributed by atoms with Crippen LogP contribution in [0, 0.1) is 0 Å². The molecule has 0 atom stereocenters. The summed E-state index contributed by atoms with van der Waals surface area (Å²) in [5.74, 6) is 0. The SMILES string of the molecule is OB(O)c1ccc(-c2csc3ccc4ccccc4c23)cc1. The van der Waals surface area contributed by atoms with E-state index in [1.54, 1.807) is 23.5 Å². The smallest absolute Gasteiger partial charge is 0.423 e. The third kappa shape index (κ3) is 2.13. The van der Waals surface area contributed by atoms with Gasteiger partial charge in [0.25, 0.3) is 0 Å². The van der Waals surface area contributed by atoms with Crippen LogP contribution in [-0.4, -0.2) is 17.2 Å². The fraction of sp³-hybridized carbons (Fsp3) is 0. The molecule has 0 aliphatic carbocycles. The molecule has 1 heterocycles. The second-order valence-corrected chi connectivity index (χ2v) is 6.22. The standard InChI is InChI=1S/C18H13BO2S/c20-19(21)14-8-5-13(6-9-14)16-11-22-17-10-7-12-3-1-2-4-15(12)18(16)17/h1-11,20-21H. The number of hydrogen-bond acceptors (Lipinski definition) is 3. The van der Waals surface area contributed by atoms with Crippen molar-refractivity contribution in [2.24, 2.45) is 0 Å². The molecule has 2 nitrogen and oxygen atoms in total. The van der Waals surface area contributed by atoms with Crippen molar-refractivity contribution >= 4 is 44.8 Å². The first-order chi connectivity index (χ1) is 10.7. The topological polar surface area (TPSA) is 40.5 Å². The summed E-state index contributed by atoms with van der Waals surface area (Å²) in [6, 6.07) is 20.1. The summed E-state index contributed by atoms with van der Waals surface area (Å²) >= 11 is 1.74. The van der Waals surface area contributed by atoms with Crippen LogP contribution in [0.3, 0.4) is 0 Å². The van der Waals surface area contributed by atoms with Gasteiger partial charge in [0, 0.05) is 15.6 Å². The van der Waals surface area contributed by atoms with Crippen LogP contribution < -0.4 is 5.46 Å². The summed E-state index contributed by atoms with van der Waals surface area (Å²) in [5.41, 5.74) is 2.79. The molecular formula is C18H13BO2S. The summed E-state index contributed by atoms with van der Waals surface area (Å²) in [7, 11) is -1.42. The largest absolute Gasteiger partial charge is 0.488 e. The van der Waals surface area contributed by atoms with Gasteiger partial charge >= 0.3 is 7.12 Å². The van der Waals surface area contributed by atoms with Crippen LogP contribution in [0.1, 0.15) is 0 Å². The molecule has 2 N–H and O–H groups in total. The Morgan fingerprint density at radius 2 is 1.59 bits per heavy atom. The normalized spacial score (nSPS) is 11.2. The zero-order chi connectivity index (χ0) is 15.1. The number of rotatable bonds is 2. The quantitative estimate of drug-likeness (QED) is 0.557. The number of benzene rings is 3. The highest BCUT2D eigenvalue weighted by Gasteiger charge is 2.13. The van der Waals surface area contributed by atoms with Crippen molar-refractivity contribution in [1.29, 1.82) is 0 Å². The van der Waals surface area contributed by atoms with E-state index in [1.165, 1.54) is 26.4 Å². The fourth-order valence-electron chi connectivity index (χ4n) is 2.86. The zero-order valence-corrected chi connectivity index (χ0v) is 12.5. The van der Waals surface area contributed by atoms with Gasteiger partial charge in [-0.3, -0.25) is 0 Å². The molecule has 0 bridgehead atoms. The van der Waals surface area contributed by atoms with Gasteiger partial charge in [0.2, 0.25) is 0 Å². The second kappa shape index (κ2) is 5.25. The molecule has 0 spiro atoms. The summed E-state index contributed by atoms with van der Waals surface area (Å²) in [4.78, 5) is 0. The van der Waals surface area contributed by atoms with E-state index in [0.29, 0.717) is 5.46 Å². The van der Waals surface area contributed by atoms with Crippen molar-refractivity contribution < 1.29 is 10.0 Å². The van der Waals surface area contributed by atoms with Crippen molar-refractivity contribution in [3.05, 3.63) is 66.0 Å².